The van der Waals surface area contributed by atoms with Gasteiger partial charge in [-0.05, 0) is 38.0 Å². The number of rotatable bonds is 6. The quantitative estimate of drug-likeness (QED) is 0.545. The highest BCUT2D eigenvalue weighted by atomic mass is 16.5. The van der Waals surface area contributed by atoms with Gasteiger partial charge in [0.25, 0.3) is 11.8 Å². The Morgan fingerprint density at radius 2 is 2.21 bits per heavy atom. The van der Waals surface area contributed by atoms with Crippen LogP contribution < -0.4 is 15.1 Å². The van der Waals surface area contributed by atoms with Gasteiger partial charge in [-0.1, -0.05) is 6.07 Å². The lowest BCUT2D eigenvalue weighted by molar-refractivity contribution is -0.142. The number of carbonyl (C=O) groups excluding carboxylic acids is 2. The molecule has 0 aliphatic carbocycles. The molecular weight excluding hydrogens is 438 g/mol. The van der Waals surface area contributed by atoms with Crippen molar-refractivity contribution in [2.24, 2.45) is 0 Å². The number of amides is 1. The molecule has 5 rings (SSSR count). The number of ether oxygens (including phenoxy) is 1. The topological polar surface area (TPSA) is 127 Å². The molecule has 1 fully saturated rings. The molecular formula is C23H25N7O4. The molecule has 0 unspecified atom stereocenters. The summed E-state index contributed by atoms with van der Waals surface area (Å²) in [5, 5.41) is 11.1. The third-order valence-electron chi connectivity index (χ3n) is 5.89. The number of esters is 1. The Labute approximate surface area is 196 Å². The van der Waals surface area contributed by atoms with Gasteiger partial charge in [-0.25, -0.2) is 4.98 Å². The van der Waals surface area contributed by atoms with E-state index in [-0.39, 0.29) is 30.3 Å². The van der Waals surface area contributed by atoms with E-state index < -0.39 is 5.97 Å². The van der Waals surface area contributed by atoms with Crippen LogP contribution in [0.2, 0.25) is 0 Å². The van der Waals surface area contributed by atoms with Crippen molar-refractivity contribution in [2.75, 3.05) is 34.8 Å². The Bertz CT molecular complexity index is 1230. The van der Waals surface area contributed by atoms with E-state index in [1.807, 2.05) is 31.2 Å². The maximum absolute atomic E-state index is 13.6. The Kier molecular flexibility index (Phi) is 5.83. The highest BCUT2D eigenvalue weighted by Crippen LogP contribution is 2.35. The third kappa shape index (κ3) is 4.16. The monoisotopic (exact) mass is 463 g/mol. The zero-order valence-corrected chi connectivity index (χ0v) is 19.0. The zero-order chi connectivity index (χ0) is 23.7. The summed E-state index contributed by atoms with van der Waals surface area (Å²) in [5.74, 6) is 1.12. The molecule has 3 aromatic rings. The number of nitrogens with zero attached hydrogens (tertiary/aromatic N) is 6. The van der Waals surface area contributed by atoms with Crippen molar-refractivity contribution in [3.63, 3.8) is 0 Å². The Hall–Kier alpha value is -4.02. The summed E-state index contributed by atoms with van der Waals surface area (Å²) in [6.07, 6.45) is 3.63. The first-order valence-corrected chi connectivity index (χ1v) is 11.3. The molecule has 2 aromatic heterocycles. The molecule has 0 radical (unpaired) electrons. The van der Waals surface area contributed by atoms with Gasteiger partial charge in [0.2, 0.25) is 11.8 Å². The van der Waals surface area contributed by atoms with Gasteiger partial charge in [0, 0.05) is 50.0 Å². The first kappa shape index (κ1) is 21.8. The summed E-state index contributed by atoms with van der Waals surface area (Å²) in [6.45, 7) is 5.30. The Morgan fingerprint density at radius 3 is 3.03 bits per heavy atom. The molecule has 176 valence electrons. The van der Waals surface area contributed by atoms with Gasteiger partial charge in [-0.2, -0.15) is 4.98 Å². The Morgan fingerprint density at radius 1 is 1.32 bits per heavy atom. The Balaban J connectivity index is 1.47. The van der Waals surface area contributed by atoms with E-state index in [4.69, 9.17) is 9.15 Å². The normalized spacial score (nSPS) is 17.2. The number of fused-ring (bicyclic) bond motifs is 3. The fourth-order valence-corrected chi connectivity index (χ4v) is 4.35. The maximum atomic E-state index is 13.6. The number of nitrogens with one attached hydrogen (secondary N) is 1. The van der Waals surface area contributed by atoms with E-state index >= 15 is 0 Å². The third-order valence-corrected chi connectivity index (χ3v) is 5.89. The van der Waals surface area contributed by atoms with Gasteiger partial charge in [0.1, 0.15) is 11.4 Å². The van der Waals surface area contributed by atoms with Gasteiger partial charge < -0.3 is 24.3 Å². The summed E-state index contributed by atoms with van der Waals surface area (Å²) in [4.78, 5) is 37.7. The lowest BCUT2D eigenvalue weighted by atomic mass is 10.1. The molecule has 1 aromatic carbocycles. The first-order chi connectivity index (χ1) is 16.5. The number of aromatic nitrogens is 4. The van der Waals surface area contributed by atoms with Crippen LogP contribution in [0.25, 0.3) is 11.5 Å². The summed E-state index contributed by atoms with van der Waals surface area (Å²) < 4.78 is 10.5. The fourth-order valence-electron chi connectivity index (χ4n) is 4.35. The van der Waals surface area contributed by atoms with Crippen LogP contribution >= 0.6 is 0 Å². The molecule has 4 heterocycles. The number of anilines is 3. The molecule has 0 bridgehead atoms. The van der Waals surface area contributed by atoms with Crippen LogP contribution in [0.3, 0.4) is 0 Å². The summed E-state index contributed by atoms with van der Waals surface area (Å²) in [5.41, 5.74) is 1.87. The minimum absolute atomic E-state index is 0.0875. The number of benzene rings is 1. The van der Waals surface area contributed by atoms with Crippen LogP contribution in [0, 0.1) is 0 Å². The second-order valence-electron chi connectivity index (χ2n) is 8.20. The highest BCUT2D eigenvalue weighted by molar-refractivity contribution is 6.10. The molecule has 2 aliphatic heterocycles. The van der Waals surface area contributed by atoms with Crippen LogP contribution in [0.1, 0.15) is 42.9 Å². The predicted octanol–water partition coefficient (Wildman–Crippen LogP) is 2.65. The van der Waals surface area contributed by atoms with Crippen LogP contribution in [0.5, 0.6) is 0 Å². The molecule has 11 heteroatoms. The molecule has 11 nitrogen and oxygen atoms in total. The predicted molar refractivity (Wildman–Crippen MR) is 123 cm³/mol. The summed E-state index contributed by atoms with van der Waals surface area (Å²) in [7, 11) is 0. The van der Waals surface area contributed by atoms with Crippen molar-refractivity contribution in [3.05, 3.63) is 41.9 Å². The average Bonchev–Trinajstić information content (AvgIpc) is 3.49. The van der Waals surface area contributed by atoms with Crippen molar-refractivity contribution in [1.82, 2.24) is 20.2 Å². The molecule has 0 spiro atoms. The highest BCUT2D eigenvalue weighted by Gasteiger charge is 2.37. The van der Waals surface area contributed by atoms with E-state index in [0.29, 0.717) is 36.0 Å². The van der Waals surface area contributed by atoms with Crippen LogP contribution in [0.15, 0.2) is 34.9 Å². The van der Waals surface area contributed by atoms with E-state index in [2.05, 4.69) is 30.4 Å². The lowest BCUT2D eigenvalue weighted by Gasteiger charge is -2.27. The second kappa shape index (κ2) is 9.08. The molecule has 34 heavy (non-hydrogen) atoms. The SMILES string of the molecule is CCNc1ncc2c(n1)N1CCC[C@H]1CN(c1cccc(-c3nnc(COC(C)=O)o3)c1)C2=O. The van der Waals surface area contributed by atoms with E-state index in [1.54, 1.807) is 11.1 Å². The molecule has 1 saturated heterocycles. The van der Waals surface area contributed by atoms with Crippen LogP contribution in [-0.2, 0) is 16.1 Å². The molecule has 2 aliphatic rings. The standard InChI is InChI=1S/C23H25N7O4/c1-3-24-23-25-11-18-20(26-23)29-9-5-8-17(29)12-30(22(18)32)16-7-4-6-15(10-16)21-28-27-19(34-21)13-33-14(2)31/h4,6-7,10-11,17H,3,5,8-9,12-13H2,1-2H3,(H,24,25,26)/t17-/m0/s1. The van der Waals surface area contributed by atoms with Gasteiger partial charge in [0.05, 0.1) is 0 Å². The lowest BCUT2D eigenvalue weighted by Crippen LogP contribution is -2.39. The largest absolute Gasteiger partial charge is 0.456 e. The van der Waals surface area contributed by atoms with Crippen molar-refractivity contribution >= 4 is 29.3 Å². The first-order valence-electron chi connectivity index (χ1n) is 11.3. The van der Waals surface area contributed by atoms with Gasteiger partial charge in [0.15, 0.2) is 6.61 Å². The van der Waals surface area contributed by atoms with Gasteiger partial charge >= 0.3 is 5.97 Å². The molecule has 1 atom stereocenters. The smallest absolute Gasteiger partial charge is 0.303 e. The van der Waals surface area contributed by atoms with Gasteiger partial charge in [-0.3, -0.25) is 9.59 Å². The molecule has 1 N–H and O–H groups in total. The van der Waals surface area contributed by atoms with Crippen molar-refractivity contribution in [3.8, 4) is 11.5 Å². The second-order valence-corrected chi connectivity index (χ2v) is 8.20. The van der Waals surface area contributed by atoms with Crippen LogP contribution in [-0.4, -0.2) is 57.7 Å². The zero-order valence-electron chi connectivity index (χ0n) is 19.0. The van der Waals surface area contributed by atoms with Gasteiger partial charge in [-0.15, -0.1) is 10.2 Å². The maximum Gasteiger partial charge on any atom is 0.303 e. The minimum Gasteiger partial charge on any atom is -0.456 e. The van der Waals surface area contributed by atoms with Crippen LogP contribution in [0.4, 0.5) is 17.5 Å². The summed E-state index contributed by atoms with van der Waals surface area (Å²) >= 11 is 0. The fraction of sp³-hybridized carbons (Fsp3) is 0.391. The summed E-state index contributed by atoms with van der Waals surface area (Å²) in [6, 6.07) is 7.57. The number of hydrogen-bond acceptors (Lipinski definition) is 10. The minimum atomic E-state index is -0.427. The average molecular weight is 463 g/mol. The van der Waals surface area contributed by atoms with Crippen molar-refractivity contribution in [1.29, 1.82) is 0 Å². The van der Waals surface area contributed by atoms with Crippen molar-refractivity contribution in [2.45, 2.75) is 39.3 Å². The van der Waals surface area contributed by atoms with E-state index in [9.17, 15) is 9.59 Å². The van der Waals surface area contributed by atoms with E-state index in [1.165, 1.54) is 6.92 Å². The number of hydrogen-bond donors (Lipinski definition) is 1. The van der Waals surface area contributed by atoms with E-state index in [0.717, 1.165) is 25.1 Å². The van der Waals surface area contributed by atoms with Crippen molar-refractivity contribution < 1.29 is 18.7 Å². The molecule has 1 amide bonds. The molecule has 0 saturated carbocycles. The number of carbonyl (C=O) groups is 2.